The zero-order valence-corrected chi connectivity index (χ0v) is 12.6. The molecule has 3 aromatic rings. The minimum Gasteiger partial charge on any atom is -0.348 e. The molecule has 0 saturated heterocycles. The summed E-state index contributed by atoms with van der Waals surface area (Å²) in [5.74, 6) is 0.638. The van der Waals surface area contributed by atoms with Crippen LogP contribution in [-0.4, -0.2) is 19.9 Å². The number of aromatic nitrogens is 4. The van der Waals surface area contributed by atoms with Crippen LogP contribution in [0.2, 0.25) is 0 Å². The predicted octanol–water partition coefficient (Wildman–Crippen LogP) is 3.42. The molecule has 0 amide bonds. The van der Waals surface area contributed by atoms with E-state index in [0.29, 0.717) is 5.95 Å². The van der Waals surface area contributed by atoms with Crippen LogP contribution in [0.3, 0.4) is 0 Å². The molecule has 1 unspecified atom stereocenters. The molecule has 0 spiro atoms. The van der Waals surface area contributed by atoms with Crippen LogP contribution in [0.4, 0.5) is 5.95 Å². The maximum atomic E-state index is 4.27. The van der Waals surface area contributed by atoms with Gasteiger partial charge in [-0.3, -0.25) is 0 Å². The van der Waals surface area contributed by atoms with Gasteiger partial charge in [0.25, 0.3) is 0 Å². The number of aryl methyl sites for hydroxylation is 1. The number of anilines is 1. The van der Waals surface area contributed by atoms with Crippen LogP contribution in [0.15, 0.2) is 55.4 Å². The highest BCUT2D eigenvalue weighted by molar-refractivity contribution is 5.61. The molecule has 0 radical (unpaired) electrons. The lowest BCUT2D eigenvalue weighted by molar-refractivity contribution is 0.859. The van der Waals surface area contributed by atoms with Crippen molar-refractivity contribution < 1.29 is 0 Å². The number of rotatable bonds is 4. The van der Waals surface area contributed by atoms with Crippen molar-refractivity contribution in [2.24, 2.45) is 0 Å². The summed E-state index contributed by atoms with van der Waals surface area (Å²) in [6.45, 7) is 4.06. The Morgan fingerprint density at radius 2 is 1.50 bits per heavy atom. The summed E-state index contributed by atoms with van der Waals surface area (Å²) in [6.07, 6.45) is 8.76. The Morgan fingerprint density at radius 3 is 2.14 bits per heavy atom. The number of nitrogens with zero attached hydrogens (tertiary/aromatic N) is 4. The van der Waals surface area contributed by atoms with Crippen LogP contribution in [0, 0.1) is 6.92 Å². The van der Waals surface area contributed by atoms with Gasteiger partial charge in [-0.2, -0.15) is 0 Å². The molecule has 1 atom stereocenters. The van der Waals surface area contributed by atoms with Crippen LogP contribution < -0.4 is 5.32 Å². The molecular weight excluding hydrogens is 274 g/mol. The van der Waals surface area contributed by atoms with Crippen LogP contribution in [0.25, 0.3) is 11.1 Å². The number of benzene rings is 1. The van der Waals surface area contributed by atoms with Crippen LogP contribution in [0.5, 0.6) is 0 Å². The Bertz CT molecular complexity index is 723. The summed E-state index contributed by atoms with van der Waals surface area (Å²) in [4.78, 5) is 16.6. The Labute approximate surface area is 129 Å². The van der Waals surface area contributed by atoms with E-state index in [0.717, 1.165) is 16.7 Å². The Morgan fingerprint density at radius 1 is 0.864 bits per heavy atom. The summed E-state index contributed by atoms with van der Waals surface area (Å²) < 4.78 is 0. The van der Waals surface area contributed by atoms with Gasteiger partial charge in [0.05, 0.1) is 6.04 Å². The van der Waals surface area contributed by atoms with E-state index in [-0.39, 0.29) is 6.04 Å². The molecule has 0 fully saturated rings. The van der Waals surface area contributed by atoms with Gasteiger partial charge >= 0.3 is 0 Å². The fraction of sp³-hybridized carbons (Fsp3) is 0.176. The van der Waals surface area contributed by atoms with E-state index in [1.54, 1.807) is 12.4 Å². The predicted molar refractivity (Wildman–Crippen MR) is 86.3 cm³/mol. The monoisotopic (exact) mass is 291 g/mol. The second-order valence-electron chi connectivity index (χ2n) is 5.20. The molecule has 22 heavy (non-hydrogen) atoms. The molecule has 0 aliphatic heterocycles. The second-order valence-corrected chi connectivity index (χ2v) is 5.20. The summed E-state index contributed by atoms with van der Waals surface area (Å²) in [5, 5.41) is 3.30. The summed E-state index contributed by atoms with van der Waals surface area (Å²) >= 11 is 0. The van der Waals surface area contributed by atoms with Gasteiger partial charge in [0, 0.05) is 30.4 Å². The summed E-state index contributed by atoms with van der Waals surface area (Å²) in [6, 6.07) is 8.45. The van der Waals surface area contributed by atoms with Gasteiger partial charge in [-0.1, -0.05) is 24.3 Å². The Balaban J connectivity index is 1.73. The molecule has 3 rings (SSSR count). The third-order valence-electron chi connectivity index (χ3n) is 3.43. The molecule has 1 N–H and O–H groups in total. The van der Waals surface area contributed by atoms with Crippen LogP contribution in [-0.2, 0) is 0 Å². The van der Waals surface area contributed by atoms with Gasteiger partial charge in [0.1, 0.15) is 6.33 Å². The highest BCUT2D eigenvalue weighted by Gasteiger charge is 2.07. The molecular formula is C17H17N5. The van der Waals surface area contributed by atoms with Crippen molar-refractivity contribution in [3.63, 3.8) is 0 Å². The van der Waals surface area contributed by atoms with Crippen molar-refractivity contribution in [1.82, 2.24) is 19.9 Å². The highest BCUT2D eigenvalue weighted by atomic mass is 15.1. The normalized spacial score (nSPS) is 11.9. The first kappa shape index (κ1) is 14.1. The summed E-state index contributed by atoms with van der Waals surface area (Å²) in [5.41, 5.74) is 4.33. The fourth-order valence-electron chi connectivity index (χ4n) is 2.16. The lowest BCUT2D eigenvalue weighted by Crippen LogP contribution is -2.09. The van der Waals surface area contributed by atoms with Crippen LogP contribution in [0.1, 0.15) is 24.1 Å². The molecule has 1 aromatic carbocycles. The van der Waals surface area contributed by atoms with E-state index in [1.165, 1.54) is 11.9 Å². The number of hydrogen-bond donors (Lipinski definition) is 1. The zero-order chi connectivity index (χ0) is 15.4. The molecule has 0 aliphatic carbocycles. The molecule has 110 valence electrons. The first-order valence-corrected chi connectivity index (χ1v) is 7.13. The van der Waals surface area contributed by atoms with Crippen molar-refractivity contribution in [3.05, 3.63) is 66.5 Å². The molecule has 0 bridgehead atoms. The standard InChI is InChI=1S/C17H17N5/c1-12-7-20-17(21-8-12)22-13(2)14-3-5-15(6-4-14)16-9-18-11-19-10-16/h3-11,13H,1-2H3,(H,20,21,22). The minimum absolute atomic E-state index is 0.128. The highest BCUT2D eigenvalue weighted by Crippen LogP contribution is 2.22. The molecule has 5 heteroatoms. The lowest BCUT2D eigenvalue weighted by atomic mass is 10.0. The third-order valence-corrected chi connectivity index (χ3v) is 3.43. The zero-order valence-electron chi connectivity index (χ0n) is 12.6. The van der Waals surface area contributed by atoms with E-state index >= 15 is 0 Å². The second kappa shape index (κ2) is 6.30. The largest absolute Gasteiger partial charge is 0.348 e. The SMILES string of the molecule is Cc1cnc(NC(C)c2ccc(-c3cncnc3)cc2)nc1. The maximum absolute atomic E-state index is 4.27. The van der Waals surface area contributed by atoms with E-state index in [9.17, 15) is 0 Å². The van der Waals surface area contributed by atoms with E-state index in [2.05, 4.69) is 56.4 Å². The molecule has 2 heterocycles. The van der Waals surface area contributed by atoms with Gasteiger partial charge in [0.15, 0.2) is 0 Å². The van der Waals surface area contributed by atoms with Gasteiger partial charge in [-0.05, 0) is 30.5 Å². The third kappa shape index (κ3) is 3.25. The van der Waals surface area contributed by atoms with Gasteiger partial charge in [-0.25, -0.2) is 19.9 Å². The van der Waals surface area contributed by atoms with E-state index in [1.807, 2.05) is 19.3 Å². The van der Waals surface area contributed by atoms with Gasteiger partial charge in [0.2, 0.25) is 5.95 Å². The smallest absolute Gasteiger partial charge is 0.223 e. The molecule has 2 aromatic heterocycles. The van der Waals surface area contributed by atoms with Crippen molar-refractivity contribution in [2.45, 2.75) is 19.9 Å². The van der Waals surface area contributed by atoms with E-state index < -0.39 is 0 Å². The first-order chi connectivity index (χ1) is 10.7. The van der Waals surface area contributed by atoms with E-state index in [4.69, 9.17) is 0 Å². The summed E-state index contributed by atoms with van der Waals surface area (Å²) in [7, 11) is 0. The maximum Gasteiger partial charge on any atom is 0.223 e. The topological polar surface area (TPSA) is 63.6 Å². The fourth-order valence-corrected chi connectivity index (χ4v) is 2.16. The van der Waals surface area contributed by atoms with Crippen LogP contribution >= 0.6 is 0 Å². The average molecular weight is 291 g/mol. The number of hydrogen-bond acceptors (Lipinski definition) is 5. The number of nitrogens with one attached hydrogen (secondary N) is 1. The van der Waals surface area contributed by atoms with Crippen molar-refractivity contribution in [2.75, 3.05) is 5.32 Å². The lowest BCUT2D eigenvalue weighted by Gasteiger charge is -2.14. The minimum atomic E-state index is 0.128. The molecule has 0 aliphatic rings. The van der Waals surface area contributed by atoms with Crippen molar-refractivity contribution in [3.8, 4) is 11.1 Å². The first-order valence-electron chi connectivity index (χ1n) is 7.13. The van der Waals surface area contributed by atoms with Crippen molar-refractivity contribution in [1.29, 1.82) is 0 Å². The Hall–Kier alpha value is -2.82. The van der Waals surface area contributed by atoms with Gasteiger partial charge < -0.3 is 5.32 Å². The molecule has 5 nitrogen and oxygen atoms in total. The average Bonchev–Trinajstić information content (AvgIpc) is 2.58. The van der Waals surface area contributed by atoms with Crippen molar-refractivity contribution >= 4 is 5.95 Å². The quantitative estimate of drug-likeness (QED) is 0.798. The van der Waals surface area contributed by atoms with Gasteiger partial charge in [-0.15, -0.1) is 0 Å². The Kier molecular flexibility index (Phi) is 4.05. The molecule has 0 saturated carbocycles.